The molecule has 4 nitrogen and oxygen atoms in total. The van der Waals surface area contributed by atoms with Crippen LogP contribution >= 0.6 is 15.9 Å². The Balaban J connectivity index is 2.31. The van der Waals surface area contributed by atoms with Gasteiger partial charge in [0.2, 0.25) is 0 Å². The van der Waals surface area contributed by atoms with Gasteiger partial charge in [0.15, 0.2) is 5.65 Å². The monoisotopic (exact) mass is 390 g/mol. The minimum atomic E-state index is -3.71. The molecule has 0 saturated heterocycles. The molecule has 0 aliphatic carbocycles. The van der Waals surface area contributed by atoms with Crippen LogP contribution in [-0.4, -0.2) is 17.4 Å². The third kappa shape index (κ3) is 2.72. The lowest BCUT2D eigenvalue weighted by molar-refractivity contribution is 0.588. The molecule has 118 valence electrons. The minimum Gasteiger partial charge on any atom is -0.236 e. The van der Waals surface area contributed by atoms with Crippen LogP contribution in [0.3, 0.4) is 0 Å². The van der Waals surface area contributed by atoms with Gasteiger partial charge in [-0.05, 0) is 53.5 Å². The highest BCUT2D eigenvalue weighted by atomic mass is 79.9. The second-order valence-electron chi connectivity index (χ2n) is 5.46. The van der Waals surface area contributed by atoms with Crippen molar-refractivity contribution in [1.29, 1.82) is 0 Å². The van der Waals surface area contributed by atoms with Crippen LogP contribution in [0.25, 0.3) is 16.6 Å². The van der Waals surface area contributed by atoms with Crippen LogP contribution in [0.2, 0.25) is 0 Å². The highest BCUT2D eigenvalue weighted by Crippen LogP contribution is 2.30. The molecule has 0 aliphatic rings. The van der Waals surface area contributed by atoms with Gasteiger partial charge in [0.25, 0.3) is 10.0 Å². The first-order chi connectivity index (χ1) is 10.8. The van der Waals surface area contributed by atoms with Crippen LogP contribution in [-0.2, 0) is 10.0 Å². The predicted molar refractivity (Wildman–Crippen MR) is 95.9 cm³/mol. The number of fused-ring (bicyclic) bond motifs is 1. The Bertz CT molecular complexity index is 1020. The molecule has 0 bridgehead atoms. The van der Waals surface area contributed by atoms with Gasteiger partial charge in [0.05, 0.1) is 4.90 Å². The van der Waals surface area contributed by atoms with Crippen molar-refractivity contribution in [3.05, 3.63) is 64.9 Å². The van der Waals surface area contributed by atoms with Gasteiger partial charge in [-0.2, -0.15) is 0 Å². The fraction of sp³-hybridized carbons (Fsp3) is 0.118. The number of nitrogens with zero attached hydrogens (tertiary/aromatic N) is 2. The smallest absolute Gasteiger partial charge is 0.236 e. The van der Waals surface area contributed by atoms with E-state index in [4.69, 9.17) is 0 Å². The van der Waals surface area contributed by atoms with Gasteiger partial charge < -0.3 is 0 Å². The van der Waals surface area contributed by atoms with E-state index in [0.717, 1.165) is 26.6 Å². The Hall–Kier alpha value is -1.92. The summed E-state index contributed by atoms with van der Waals surface area (Å²) in [5.74, 6) is 0. The molecule has 2 heterocycles. The van der Waals surface area contributed by atoms with Crippen molar-refractivity contribution >= 4 is 42.6 Å². The van der Waals surface area contributed by atoms with Crippen LogP contribution in [0, 0.1) is 6.92 Å². The van der Waals surface area contributed by atoms with Crippen molar-refractivity contribution in [3.63, 3.8) is 0 Å². The molecule has 0 atom stereocenters. The summed E-state index contributed by atoms with van der Waals surface area (Å²) in [6, 6.07) is 8.63. The molecule has 0 fully saturated rings. The first kappa shape index (κ1) is 16.0. The van der Waals surface area contributed by atoms with Gasteiger partial charge >= 0.3 is 0 Å². The number of hydrogen-bond donors (Lipinski definition) is 0. The van der Waals surface area contributed by atoms with Gasteiger partial charge in [0, 0.05) is 27.8 Å². The number of hydrogen-bond acceptors (Lipinski definition) is 3. The summed E-state index contributed by atoms with van der Waals surface area (Å²) < 4.78 is 27.9. The maximum Gasteiger partial charge on any atom is 0.269 e. The van der Waals surface area contributed by atoms with E-state index in [1.54, 1.807) is 36.7 Å². The number of aromatic nitrogens is 2. The number of aryl methyl sites for hydroxylation is 1. The van der Waals surface area contributed by atoms with Crippen LogP contribution < -0.4 is 0 Å². The van der Waals surface area contributed by atoms with Crippen molar-refractivity contribution in [1.82, 2.24) is 8.96 Å². The first-order valence-corrected chi connectivity index (χ1v) is 9.19. The molecule has 0 spiro atoms. The van der Waals surface area contributed by atoms with E-state index in [0.29, 0.717) is 5.65 Å². The second-order valence-corrected chi connectivity index (χ2v) is 8.19. The number of rotatable bonds is 3. The standard InChI is InChI=1S/C17H15BrN2O2S/c1-11(2)16-10-20(17-15(16)8-13(18)9-19-17)23(21,22)14-6-4-12(3)5-7-14/h4-10H,1H2,2-3H3. The van der Waals surface area contributed by atoms with E-state index >= 15 is 0 Å². The Kier molecular flexibility index (Phi) is 3.90. The summed E-state index contributed by atoms with van der Waals surface area (Å²) in [5.41, 5.74) is 2.95. The molecule has 2 aromatic heterocycles. The molecule has 0 saturated carbocycles. The fourth-order valence-electron chi connectivity index (χ4n) is 2.40. The zero-order valence-corrected chi connectivity index (χ0v) is 15.1. The number of pyridine rings is 1. The second kappa shape index (κ2) is 5.62. The zero-order chi connectivity index (χ0) is 16.8. The Labute approximate surface area is 143 Å². The molecule has 0 amide bonds. The normalized spacial score (nSPS) is 11.8. The summed E-state index contributed by atoms with van der Waals surface area (Å²) in [5, 5.41) is 0.752. The van der Waals surface area contributed by atoms with Crippen LogP contribution in [0.5, 0.6) is 0 Å². The van der Waals surface area contributed by atoms with Crippen molar-refractivity contribution in [2.24, 2.45) is 0 Å². The summed E-state index contributed by atoms with van der Waals surface area (Å²) >= 11 is 3.38. The molecule has 3 aromatic rings. The van der Waals surface area contributed by atoms with E-state index < -0.39 is 10.0 Å². The average Bonchev–Trinajstić information content (AvgIpc) is 2.87. The minimum absolute atomic E-state index is 0.234. The third-order valence-electron chi connectivity index (χ3n) is 3.62. The SMILES string of the molecule is C=C(C)c1cn(S(=O)(=O)c2ccc(C)cc2)c2ncc(Br)cc12. The average molecular weight is 391 g/mol. The molecule has 3 rings (SSSR count). The summed E-state index contributed by atoms with van der Waals surface area (Å²) in [6.45, 7) is 7.70. The van der Waals surface area contributed by atoms with Gasteiger partial charge in [-0.1, -0.05) is 24.3 Å². The molecule has 1 aromatic carbocycles. The molecule has 0 N–H and O–H groups in total. The molecule has 23 heavy (non-hydrogen) atoms. The van der Waals surface area contributed by atoms with Gasteiger partial charge in [-0.25, -0.2) is 17.4 Å². The van der Waals surface area contributed by atoms with E-state index in [2.05, 4.69) is 27.5 Å². The molecule has 0 radical (unpaired) electrons. The van der Waals surface area contributed by atoms with E-state index in [9.17, 15) is 8.42 Å². The molecule has 6 heteroatoms. The molecule has 0 aliphatic heterocycles. The van der Waals surface area contributed by atoms with Gasteiger partial charge in [-0.15, -0.1) is 0 Å². The van der Waals surface area contributed by atoms with E-state index in [1.807, 2.05) is 19.9 Å². The predicted octanol–water partition coefficient (Wildman–Crippen LogP) is 4.38. The lowest BCUT2D eigenvalue weighted by atomic mass is 10.1. The maximum atomic E-state index is 13.0. The Morgan fingerprint density at radius 1 is 1.26 bits per heavy atom. The summed E-state index contributed by atoms with van der Waals surface area (Å²) in [7, 11) is -3.71. The highest BCUT2D eigenvalue weighted by Gasteiger charge is 2.22. The largest absolute Gasteiger partial charge is 0.269 e. The van der Waals surface area contributed by atoms with Crippen molar-refractivity contribution in [2.75, 3.05) is 0 Å². The Morgan fingerprint density at radius 3 is 2.52 bits per heavy atom. The zero-order valence-electron chi connectivity index (χ0n) is 12.7. The quantitative estimate of drug-likeness (QED) is 0.666. The molecular weight excluding hydrogens is 376 g/mol. The van der Waals surface area contributed by atoms with Crippen molar-refractivity contribution in [3.8, 4) is 0 Å². The third-order valence-corrected chi connectivity index (χ3v) is 5.71. The fourth-order valence-corrected chi connectivity index (χ4v) is 4.06. The molecular formula is C17H15BrN2O2S. The van der Waals surface area contributed by atoms with Crippen LogP contribution in [0.15, 0.2) is 58.7 Å². The van der Waals surface area contributed by atoms with E-state index in [-0.39, 0.29) is 4.90 Å². The number of allylic oxidation sites excluding steroid dienone is 1. The molecule has 0 unspecified atom stereocenters. The van der Waals surface area contributed by atoms with Gasteiger partial charge in [-0.3, -0.25) is 0 Å². The number of benzene rings is 1. The lowest BCUT2D eigenvalue weighted by Crippen LogP contribution is -2.12. The summed E-state index contributed by atoms with van der Waals surface area (Å²) in [6.07, 6.45) is 3.17. The van der Waals surface area contributed by atoms with Crippen molar-refractivity contribution < 1.29 is 8.42 Å². The lowest BCUT2D eigenvalue weighted by Gasteiger charge is -2.07. The van der Waals surface area contributed by atoms with Gasteiger partial charge in [0.1, 0.15) is 0 Å². The maximum absolute atomic E-state index is 13.0. The van der Waals surface area contributed by atoms with Crippen LogP contribution in [0.1, 0.15) is 18.1 Å². The van der Waals surface area contributed by atoms with Crippen LogP contribution in [0.4, 0.5) is 0 Å². The first-order valence-electron chi connectivity index (χ1n) is 6.95. The van der Waals surface area contributed by atoms with Crippen molar-refractivity contribution in [2.45, 2.75) is 18.7 Å². The number of halogens is 1. The summed E-state index contributed by atoms with van der Waals surface area (Å²) in [4.78, 5) is 4.52. The Morgan fingerprint density at radius 2 is 1.91 bits per heavy atom. The van der Waals surface area contributed by atoms with E-state index in [1.165, 1.54) is 3.97 Å². The highest BCUT2D eigenvalue weighted by molar-refractivity contribution is 9.10. The topological polar surface area (TPSA) is 52.0 Å².